The molecule has 0 radical (unpaired) electrons. The van der Waals surface area contributed by atoms with Crippen LogP contribution < -0.4 is 5.32 Å². The Hall–Kier alpha value is -1.84. The highest BCUT2D eigenvalue weighted by Gasteiger charge is 2.09. The SMILES string of the molecule is CCCCCC(=O)Nc1ccc(C)c(C(=O)O)c1. The molecule has 4 nitrogen and oxygen atoms in total. The van der Waals surface area contributed by atoms with E-state index in [4.69, 9.17) is 5.11 Å². The third-order valence-electron chi connectivity index (χ3n) is 2.76. The third-order valence-corrected chi connectivity index (χ3v) is 2.76. The van der Waals surface area contributed by atoms with Crippen LogP contribution in [0.4, 0.5) is 5.69 Å². The average molecular weight is 249 g/mol. The van der Waals surface area contributed by atoms with Gasteiger partial charge in [-0.15, -0.1) is 0 Å². The minimum absolute atomic E-state index is 0.0661. The number of amides is 1. The zero-order valence-electron chi connectivity index (χ0n) is 10.8. The van der Waals surface area contributed by atoms with Crippen molar-refractivity contribution in [2.75, 3.05) is 5.32 Å². The normalized spacial score (nSPS) is 10.1. The van der Waals surface area contributed by atoms with Gasteiger partial charge in [0, 0.05) is 12.1 Å². The molecule has 2 N–H and O–H groups in total. The second-order valence-electron chi connectivity index (χ2n) is 4.34. The first kappa shape index (κ1) is 14.2. The van der Waals surface area contributed by atoms with Crippen LogP contribution in [-0.2, 0) is 4.79 Å². The highest BCUT2D eigenvalue weighted by molar-refractivity contribution is 5.94. The van der Waals surface area contributed by atoms with Crippen LogP contribution in [0.15, 0.2) is 18.2 Å². The summed E-state index contributed by atoms with van der Waals surface area (Å²) >= 11 is 0. The Labute approximate surface area is 107 Å². The highest BCUT2D eigenvalue weighted by atomic mass is 16.4. The molecule has 0 unspecified atom stereocenters. The lowest BCUT2D eigenvalue weighted by Crippen LogP contribution is -2.12. The topological polar surface area (TPSA) is 66.4 Å². The average Bonchev–Trinajstić information content (AvgIpc) is 2.31. The Morgan fingerprint density at radius 3 is 2.61 bits per heavy atom. The van der Waals surface area contributed by atoms with Crippen molar-refractivity contribution in [3.8, 4) is 0 Å². The number of hydrogen-bond donors (Lipinski definition) is 2. The number of nitrogens with one attached hydrogen (secondary N) is 1. The van der Waals surface area contributed by atoms with E-state index in [-0.39, 0.29) is 11.5 Å². The van der Waals surface area contributed by atoms with Gasteiger partial charge >= 0.3 is 5.97 Å². The summed E-state index contributed by atoms with van der Waals surface area (Å²) in [6, 6.07) is 4.92. The number of carbonyl (C=O) groups is 2. The number of rotatable bonds is 6. The molecule has 0 aliphatic heterocycles. The Morgan fingerprint density at radius 2 is 2.00 bits per heavy atom. The van der Waals surface area contributed by atoms with E-state index in [9.17, 15) is 9.59 Å². The van der Waals surface area contributed by atoms with E-state index < -0.39 is 5.97 Å². The molecule has 0 saturated carbocycles. The minimum atomic E-state index is -0.977. The van der Waals surface area contributed by atoms with Crippen molar-refractivity contribution >= 4 is 17.6 Å². The maximum atomic E-state index is 11.6. The zero-order chi connectivity index (χ0) is 13.5. The molecular formula is C14H19NO3. The van der Waals surface area contributed by atoms with Gasteiger partial charge in [0.05, 0.1) is 5.56 Å². The first-order valence-electron chi connectivity index (χ1n) is 6.18. The molecule has 0 fully saturated rings. The number of hydrogen-bond acceptors (Lipinski definition) is 2. The largest absolute Gasteiger partial charge is 0.478 e. The van der Waals surface area contributed by atoms with Gasteiger partial charge in [0.2, 0.25) is 5.91 Å². The molecule has 1 rings (SSSR count). The first-order chi connectivity index (χ1) is 8.54. The molecule has 98 valence electrons. The van der Waals surface area contributed by atoms with Crippen LogP contribution in [0.25, 0.3) is 0 Å². The molecule has 0 saturated heterocycles. The fourth-order valence-corrected chi connectivity index (χ4v) is 1.69. The summed E-state index contributed by atoms with van der Waals surface area (Å²) in [7, 11) is 0. The number of benzene rings is 1. The molecule has 18 heavy (non-hydrogen) atoms. The lowest BCUT2D eigenvalue weighted by Gasteiger charge is -2.07. The monoisotopic (exact) mass is 249 g/mol. The van der Waals surface area contributed by atoms with E-state index in [1.165, 1.54) is 6.07 Å². The highest BCUT2D eigenvalue weighted by Crippen LogP contribution is 2.16. The van der Waals surface area contributed by atoms with Gasteiger partial charge in [-0.05, 0) is 31.0 Å². The molecule has 4 heteroatoms. The predicted octanol–water partition coefficient (Wildman–Crippen LogP) is 3.21. The summed E-state index contributed by atoms with van der Waals surface area (Å²) in [5.74, 6) is -1.04. The summed E-state index contributed by atoms with van der Waals surface area (Å²) in [6.07, 6.45) is 3.44. The smallest absolute Gasteiger partial charge is 0.336 e. The van der Waals surface area contributed by atoms with E-state index >= 15 is 0 Å². The summed E-state index contributed by atoms with van der Waals surface area (Å²) in [6.45, 7) is 3.81. The molecule has 1 amide bonds. The van der Waals surface area contributed by atoms with Gasteiger partial charge in [0.15, 0.2) is 0 Å². The number of anilines is 1. The molecule has 0 aliphatic rings. The standard InChI is InChI=1S/C14H19NO3/c1-3-4-5-6-13(16)15-11-8-7-10(2)12(9-11)14(17)18/h7-9H,3-6H2,1-2H3,(H,15,16)(H,17,18). The van der Waals surface area contributed by atoms with Crippen LogP contribution in [0, 0.1) is 6.92 Å². The van der Waals surface area contributed by atoms with Crippen LogP contribution in [0.5, 0.6) is 0 Å². The lowest BCUT2D eigenvalue weighted by molar-refractivity contribution is -0.116. The van der Waals surface area contributed by atoms with Crippen LogP contribution in [0.2, 0.25) is 0 Å². The van der Waals surface area contributed by atoms with Crippen LogP contribution in [0.1, 0.15) is 48.5 Å². The zero-order valence-corrected chi connectivity index (χ0v) is 10.8. The Bertz CT molecular complexity index is 441. The third kappa shape index (κ3) is 4.20. The molecule has 0 atom stereocenters. The van der Waals surface area contributed by atoms with Crippen molar-refractivity contribution in [1.29, 1.82) is 0 Å². The van der Waals surface area contributed by atoms with Gasteiger partial charge in [-0.1, -0.05) is 25.8 Å². The maximum Gasteiger partial charge on any atom is 0.336 e. The molecule has 0 bridgehead atoms. The summed E-state index contributed by atoms with van der Waals surface area (Å²) in [5, 5.41) is 11.7. The summed E-state index contributed by atoms with van der Waals surface area (Å²) < 4.78 is 0. The van der Waals surface area contributed by atoms with Crippen LogP contribution in [-0.4, -0.2) is 17.0 Å². The van der Waals surface area contributed by atoms with Crippen molar-refractivity contribution in [2.24, 2.45) is 0 Å². The number of carbonyl (C=O) groups excluding carboxylic acids is 1. The molecule has 0 aliphatic carbocycles. The second kappa shape index (κ2) is 6.79. The molecule has 0 spiro atoms. The quantitative estimate of drug-likeness (QED) is 0.761. The number of carboxylic acids is 1. The van der Waals surface area contributed by atoms with Gasteiger partial charge in [-0.2, -0.15) is 0 Å². The molecule has 0 heterocycles. The van der Waals surface area contributed by atoms with Crippen molar-refractivity contribution in [2.45, 2.75) is 39.5 Å². The molecule has 1 aromatic carbocycles. The molecule has 1 aromatic rings. The van der Waals surface area contributed by atoms with Gasteiger partial charge in [0.1, 0.15) is 0 Å². The number of aromatic carboxylic acids is 1. The Balaban J connectivity index is 2.65. The van der Waals surface area contributed by atoms with Gasteiger partial charge in [-0.25, -0.2) is 4.79 Å². The van der Waals surface area contributed by atoms with Crippen molar-refractivity contribution in [3.63, 3.8) is 0 Å². The van der Waals surface area contributed by atoms with E-state index in [1.807, 2.05) is 0 Å². The predicted molar refractivity (Wildman–Crippen MR) is 70.9 cm³/mol. The number of aryl methyl sites for hydroxylation is 1. The van der Waals surface area contributed by atoms with E-state index in [1.54, 1.807) is 19.1 Å². The fraction of sp³-hybridized carbons (Fsp3) is 0.429. The summed E-state index contributed by atoms with van der Waals surface area (Å²) in [5.41, 5.74) is 1.45. The van der Waals surface area contributed by atoms with Gasteiger partial charge in [-0.3, -0.25) is 4.79 Å². The minimum Gasteiger partial charge on any atom is -0.478 e. The number of unbranched alkanes of at least 4 members (excludes halogenated alkanes) is 2. The first-order valence-corrected chi connectivity index (χ1v) is 6.18. The molecule has 0 aromatic heterocycles. The maximum absolute atomic E-state index is 11.6. The van der Waals surface area contributed by atoms with Crippen molar-refractivity contribution in [1.82, 2.24) is 0 Å². The Kier molecular flexibility index (Phi) is 5.36. The van der Waals surface area contributed by atoms with Gasteiger partial charge < -0.3 is 10.4 Å². The van der Waals surface area contributed by atoms with Gasteiger partial charge in [0.25, 0.3) is 0 Å². The second-order valence-corrected chi connectivity index (χ2v) is 4.34. The summed E-state index contributed by atoms with van der Waals surface area (Å²) in [4.78, 5) is 22.6. The lowest BCUT2D eigenvalue weighted by atomic mass is 10.1. The van der Waals surface area contributed by atoms with E-state index in [0.29, 0.717) is 17.7 Å². The fourth-order valence-electron chi connectivity index (χ4n) is 1.69. The van der Waals surface area contributed by atoms with Crippen molar-refractivity contribution < 1.29 is 14.7 Å². The van der Waals surface area contributed by atoms with E-state index in [0.717, 1.165) is 19.3 Å². The van der Waals surface area contributed by atoms with E-state index in [2.05, 4.69) is 12.2 Å². The van der Waals surface area contributed by atoms with Crippen LogP contribution >= 0.6 is 0 Å². The Morgan fingerprint density at radius 1 is 1.28 bits per heavy atom. The molecular weight excluding hydrogens is 230 g/mol. The number of carboxylic acid groups (broad SMARTS) is 1. The van der Waals surface area contributed by atoms with Crippen molar-refractivity contribution in [3.05, 3.63) is 29.3 Å². The van der Waals surface area contributed by atoms with Crippen LogP contribution in [0.3, 0.4) is 0 Å².